The van der Waals surface area contributed by atoms with E-state index in [4.69, 9.17) is 11.6 Å². The number of carbonyl (C=O) groups excluding carboxylic acids is 1. The van der Waals surface area contributed by atoms with E-state index >= 15 is 0 Å². The Morgan fingerprint density at radius 3 is 2.59 bits per heavy atom. The molecule has 0 amide bonds. The minimum absolute atomic E-state index is 0.0847. The molecule has 1 aliphatic rings. The topological polar surface area (TPSA) is 83.9 Å². The van der Waals surface area contributed by atoms with Crippen LogP contribution in [0.4, 0.5) is 5.95 Å². The van der Waals surface area contributed by atoms with E-state index in [-0.39, 0.29) is 11.6 Å². The van der Waals surface area contributed by atoms with Crippen molar-refractivity contribution in [3.05, 3.63) is 65.2 Å². The number of nitrogens with zero attached hydrogens (tertiary/aromatic N) is 5. The summed E-state index contributed by atoms with van der Waals surface area (Å²) < 4.78 is 0. The normalized spacial score (nSPS) is 14.2. The summed E-state index contributed by atoms with van der Waals surface area (Å²) in [4.78, 5) is 32.4. The van der Waals surface area contributed by atoms with E-state index in [2.05, 4.69) is 25.3 Å². The van der Waals surface area contributed by atoms with Crippen molar-refractivity contribution in [3.8, 4) is 11.4 Å². The summed E-state index contributed by atoms with van der Waals surface area (Å²) >= 11 is 6.33. The zero-order chi connectivity index (χ0) is 18.6. The van der Waals surface area contributed by atoms with Gasteiger partial charge < -0.3 is 10.2 Å². The van der Waals surface area contributed by atoms with Crippen LogP contribution in [0.5, 0.6) is 0 Å². The van der Waals surface area contributed by atoms with Crippen molar-refractivity contribution < 1.29 is 4.79 Å². The average molecular weight is 381 g/mol. The Hall–Kier alpha value is -2.90. The first kappa shape index (κ1) is 17.5. The lowest BCUT2D eigenvalue weighted by Crippen LogP contribution is -2.44. The third kappa shape index (κ3) is 3.79. The fraction of sp³-hybridized carbons (Fsp3) is 0.211. The number of piperazine rings is 1. The third-order valence-electron chi connectivity index (χ3n) is 4.27. The Morgan fingerprint density at radius 1 is 1.04 bits per heavy atom. The van der Waals surface area contributed by atoms with Gasteiger partial charge in [0.1, 0.15) is 0 Å². The highest BCUT2D eigenvalue weighted by molar-refractivity contribution is 6.33. The first-order valence-corrected chi connectivity index (χ1v) is 9.01. The molecule has 0 spiro atoms. The quantitative estimate of drug-likeness (QED) is 0.695. The zero-order valence-corrected chi connectivity index (χ0v) is 15.2. The molecule has 8 heteroatoms. The Labute approximate surface area is 161 Å². The van der Waals surface area contributed by atoms with Gasteiger partial charge in [-0.2, -0.15) is 9.97 Å². The molecule has 0 saturated carbocycles. The van der Waals surface area contributed by atoms with Gasteiger partial charge in [0, 0.05) is 49.7 Å². The lowest BCUT2D eigenvalue weighted by molar-refractivity contribution is 0.102. The van der Waals surface area contributed by atoms with Crippen LogP contribution < -0.4 is 10.2 Å². The number of benzene rings is 1. The fourth-order valence-electron chi connectivity index (χ4n) is 2.86. The summed E-state index contributed by atoms with van der Waals surface area (Å²) in [7, 11) is 0. The number of aromatic nitrogens is 4. The van der Waals surface area contributed by atoms with E-state index in [9.17, 15) is 4.79 Å². The second-order valence-electron chi connectivity index (χ2n) is 6.07. The second kappa shape index (κ2) is 7.77. The smallest absolute Gasteiger partial charge is 0.231 e. The van der Waals surface area contributed by atoms with Gasteiger partial charge in [0.05, 0.1) is 5.02 Å². The molecule has 0 aliphatic carbocycles. The van der Waals surface area contributed by atoms with E-state index in [0.717, 1.165) is 26.2 Å². The molecule has 3 aromatic rings. The molecular weight excluding hydrogens is 364 g/mol. The summed E-state index contributed by atoms with van der Waals surface area (Å²) in [6, 6.07) is 10.7. The SMILES string of the molecule is O=C(c1cccnc1)c1nc(-c2ccccc2Cl)nc(N2CCNCC2)n1. The number of hydrogen-bond acceptors (Lipinski definition) is 7. The van der Waals surface area contributed by atoms with Crippen LogP contribution in [-0.4, -0.2) is 51.9 Å². The molecule has 1 fully saturated rings. The summed E-state index contributed by atoms with van der Waals surface area (Å²) in [6.07, 6.45) is 3.12. The summed E-state index contributed by atoms with van der Waals surface area (Å²) in [5, 5.41) is 3.82. The van der Waals surface area contributed by atoms with E-state index in [1.54, 1.807) is 24.4 Å². The van der Waals surface area contributed by atoms with Crippen LogP contribution in [0.2, 0.25) is 5.02 Å². The molecule has 0 unspecified atom stereocenters. The molecule has 27 heavy (non-hydrogen) atoms. The highest BCUT2D eigenvalue weighted by Gasteiger charge is 2.21. The van der Waals surface area contributed by atoms with Crippen molar-refractivity contribution in [2.45, 2.75) is 0 Å². The predicted molar refractivity (Wildman–Crippen MR) is 103 cm³/mol. The lowest BCUT2D eigenvalue weighted by Gasteiger charge is -2.27. The molecule has 0 radical (unpaired) electrons. The molecule has 1 aliphatic heterocycles. The maximum Gasteiger partial charge on any atom is 0.231 e. The summed E-state index contributed by atoms with van der Waals surface area (Å²) in [6.45, 7) is 3.18. The van der Waals surface area contributed by atoms with Gasteiger partial charge in [-0.05, 0) is 24.3 Å². The molecule has 0 bridgehead atoms. The Bertz CT molecular complexity index is 959. The van der Waals surface area contributed by atoms with Crippen molar-refractivity contribution >= 4 is 23.3 Å². The van der Waals surface area contributed by atoms with Gasteiger partial charge in [0.2, 0.25) is 17.6 Å². The number of halogens is 1. The molecular formula is C19H17ClN6O. The van der Waals surface area contributed by atoms with Crippen molar-refractivity contribution in [1.82, 2.24) is 25.3 Å². The maximum absolute atomic E-state index is 12.9. The minimum atomic E-state index is -0.296. The number of ketones is 1. The van der Waals surface area contributed by atoms with Crippen LogP contribution in [0.1, 0.15) is 16.2 Å². The minimum Gasteiger partial charge on any atom is -0.338 e. The van der Waals surface area contributed by atoms with Crippen molar-refractivity contribution in [2.75, 3.05) is 31.1 Å². The van der Waals surface area contributed by atoms with E-state index in [1.165, 1.54) is 6.20 Å². The molecule has 1 N–H and O–H groups in total. The number of pyridine rings is 1. The van der Waals surface area contributed by atoms with Gasteiger partial charge in [-0.3, -0.25) is 9.78 Å². The first-order valence-electron chi connectivity index (χ1n) is 8.64. The third-order valence-corrected chi connectivity index (χ3v) is 4.59. The first-order chi connectivity index (χ1) is 13.2. The molecule has 136 valence electrons. The van der Waals surface area contributed by atoms with Crippen LogP contribution in [0, 0.1) is 0 Å². The van der Waals surface area contributed by atoms with E-state index in [0.29, 0.717) is 27.9 Å². The molecule has 1 aromatic carbocycles. The predicted octanol–water partition coefficient (Wildman–Crippen LogP) is 2.23. The van der Waals surface area contributed by atoms with E-state index < -0.39 is 0 Å². The monoisotopic (exact) mass is 380 g/mol. The van der Waals surface area contributed by atoms with Gasteiger partial charge in [-0.1, -0.05) is 23.7 Å². The average Bonchev–Trinajstić information content (AvgIpc) is 2.74. The summed E-state index contributed by atoms with van der Waals surface area (Å²) in [5.74, 6) is 0.654. The molecule has 0 atom stereocenters. The molecule has 3 heterocycles. The van der Waals surface area contributed by atoms with Gasteiger partial charge in [-0.25, -0.2) is 4.98 Å². The number of anilines is 1. The van der Waals surface area contributed by atoms with E-state index in [1.807, 2.05) is 23.1 Å². The van der Waals surface area contributed by atoms with Gasteiger partial charge in [-0.15, -0.1) is 0 Å². The van der Waals surface area contributed by atoms with Crippen LogP contribution >= 0.6 is 11.6 Å². The lowest BCUT2D eigenvalue weighted by atomic mass is 10.1. The van der Waals surface area contributed by atoms with Crippen LogP contribution in [0.15, 0.2) is 48.8 Å². The number of rotatable bonds is 4. The number of nitrogens with one attached hydrogen (secondary N) is 1. The highest BCUT2D eigenvalue weighted by Crippen LogP contribution is 2.26. The molecule has 4 rings (SSSR count). The highest BCUT2D eigenvalue weighted by atomic mass is 35.5. The molecule has 7 nitrogen and oxygen atoms in total. The van der Waals surface area contributed by atoms with Crippen LogP contribution in [0.3, 0.4) is 0 Å². The standard InChI is InChI=1S/C19H17ClN6O/c20-15-6-2-1-5-14(15)17-23-18(16(27)13-4-3-7-22-12-13)25-19(24-17)26-10-8-21-9-11-26/h1-7,12,21H,8-11H2. The van der Waals surface area contributed by atoms with Crippen molar-refractivity contribution in [3.63, 3.8) is 0 Å². The Balaban J connectivity index is 1.81. The Kier molecular flexibility index (Phi) is 5.04. The van der Waals surface area contributed by atoms with Gasteiger partial charge in [0.25, 0.3) is 0 Å². The number of hydrogen-bond donors (Lipinski definition) is 1. The molecule has 1 saturated heterocycles. The van der Waals surface area contributed by atoms with Gasteiger partial charge in [0.15, 0.2) is 5.82 Å². The molecule has 2 aromatic heterocycles. The van der Waals surface area contributed by atoms with Gasteiger partial charge >= 0.3 is 0 Å². The van der Waals surface area contributed by atoms with Crippen molar-refractivity contribution in [1.29, 1.82) is 0 Å². The van der Waals surface area contributed by atoms with Crippen LogP contribution in [-0.2, 0) is 0 Å². The van der Waals surface area contributed by atoms with Crippen LogP contribution in [0.25, 0.3) is 11.4 Å². The number of carbonyl (C=O) groups is 1. The largest absolute Gasteiger partial charge is 0.338 e. The zero-order valence-electron chi connectivity index (χ0n) is 14.5. The van der Waals surface area contributed by atoms with Crippen molar-refractivity contribution in [2.24, 2.45) is 0 Å². The summed E-state index contributed by atoms with van der Waals surface area (Å²) in [5.41, 5.74) is 1.10. The second-order valence-corrected chi connectivity index (χ2v) is 6.48. The fourth-order valence-corrected chi connectivity index (χ4v) is 3.08. The maximum atomic E-state index is 12.9. The Morgan fingerprint density at radius 2 is 1.85 bits per heavy atom.